The number of hydrogen-bond donors (Lipinski definition) is 3. The molecule has 104 valence electrons. The van der Waals surface area contributed by atoms with Gasteiger partial charge in [-0.25, -0.2) is 9.18 Å². The highest BCUT2D eigenvalue weighted by molar-refractivity contribution is 6.58. The van der Waals surface area contributed by atoms with Crippen molar-refractivity contribution in [3.05, 3.63) is 29.6 Å². The number of halogens is 1. The van der Waals surface area contributed by atoms with Gasteiger partial charge in [0.25, 0.3) is 0 Å². The van der Waals surface area contributed by atoms with Crippen molar-refractivity contribution in [1.29, 1.82) is 0 Å². The molecular formula is C12H17BFNO4. The largest absolute Gasteiger partial charge is 0.488 e. The topological polar surface area (TPSA) is 78.8 Å². The third-order valence-electron chi connectivity index (χ3n) is 2.53. The van der Waals surface area contributed by atoms with Gasteiger partial charge in [-0.3, -0.25) is 0 Å². The minimum Gasteiger partial charge on any atom is -0.450 e. The molecule has 0 heterocycles. The van der Waals surface area contributed by atoms with Crippen LogP contribution in [0.3, 0.4) is 0 Å². The molecule has 1 aromatic carbocycles. The second-order valence-electron chi connectivity index (χ2n) is 4.07. The van der Waals surface area contributed by atoms with Gasteiger partial charge in [0, 0.05) is 12.1 Å². The van der Waals surface area contributed by atoms with E-state index in [1.807, 2.05) is 6.92 Å². The Balaban J connectivity index is 2.47. The van der Waals surface area contributed by atoms with Crippen LogP contribution in [0.5, 0.6) is 0 Å². The summed E-state index contributed by atoms with van der Waals surface area (Å²) in [4.78, 5) is 11.2. The molecule has 1 amide bonds. The number of ether oxygens (including phenoxy) is 1. The fraction of sp³-hybridized carbons (Fsp3) is 0.417. The summed E-state index contributed by atoms with van der Waals surface area (Å²) >= 11 is 0. The Morgan fingerprint density at radius 1 is 1.47 bits per heavy atom. The summed E-state index contributed by atoms with van der Waals surface area (Å²) in [5.41, 5.74) is 0.309. The first kappa shape index (κ1) is 15.5. The number of benzene rings is 1. The molecule has 0 atom stereocenters. The van der Waals surface area contributed by atoms with Crippen LogP contribution in [0.4, 0.5) is 9.18 Å². The SMILES string of the molecule is CCCCOC(=O)NCc1ccc(B(O)O)cc1F. The first-order valence-corrected chi connectivity index (χ1v) is 6.09. The number of rotatable bonds is 6. The van der Waals surface area contributed by atoms with Crippen molar-refractivity contribution in [1.82, 2.24) is 5.32 Å². The summed E-state index contributed by atoms with van der Waals surface area (Å²) < 4.78 is 18.4. The molecule has 0 bridgehead atoms. The average molecular weight is 269 g/mol. The zero-order valence-corrected chi connectivity index (χ0v) is 10.7. The Labute approximate surface area is 111 Å². The molecule has 0 aliphatic carbocycles. The zero-order chi connectivity index (χ0) is 14.3. The molecule has 0 radical (unpaired) electrons. The lowest BCUT2D eigenvalue weighted by atomic mass is 9.80. The lowest BCUT2D eigenvalue weighted by Crippen LogP contribution is -2.31. The van der Waals surface area contributed by atoms with Crippen molar-refractivity contribution in [3.63, 3.8) is 0 Å². The summed E-state index contributed by atoms with van der Waals surface area (Å²) in [6, 6.07) is 3.79. The van der Waals surface area contributed by atoms with Gasteiger partial charge < -0.3 is 20.1 Å². The molecule has 19 heavy (non-hydrogen) atoms. The standard InChI is InChI=1S/C12H17BFNO4/c1-2-3-6-19-12(16)15-8-9-4-5-10(13(17)18)7-11(9)14/h4-5,7,17-18H,2-3,6,8H2,1H3,(H,15,16). The van der Waals surface area contributed by atoms with Gasteiger partial charge in [0.1, 0.15) is 5.82 Å². The Bertz CT molecular complexity index is 428. The quantitative estimate of drug-likeness (QED) is 0.520. The zero-order valence-electron chi connectivity index (χ0n) is 10.7. The van der Waals surface area contributed by atoms with E-state index in [4.69, 9.17) is 14.8 Å². The van der Waals surface area contributed by atoms with Gasteiger partial charge in [-0.15, -0.1) is 0 Å². The smallest absolute Gasteiger partial charge is 0.450 e. The van der Waals surface area contributed by atoms with Crippen LogP contribution < -0.4 is 10.8 Å². The predicted octanol–water partition coefficient (Wildman–Crippen LogP) is 0.532. The van der Waals surface area contributed by atoms with Crippen molar-refractivity contribution >= 4 is 18.7 Å². The number of unbranched alkanes of at least 4 members (excludes halogenated alkanes) is 1. The van der Waals surface area contributed by atoms with E-state index in [9.17, 15) is 9.18 Å². The van der Waals surface area contributed by atoms with Crippen LogP contribution in [0.25, 0.3) is 0 Å². The molecule has 0 aliphatic heterocycles. The molecule has 0 saturated carbocycles. The second-order valence-corrected chi connectivity index (χ2v) is 4.07. The van der Waals surface area contributed by atoms with Crippen LogP contribution >= 0.6 is 0 Å². The Hall–Kier alpha value is -1.60. The summed E-state index contributed by atoms with van der Waals surface area (Å²) in [5.74, 6) is -0.612. The second kappa shape index (κ2) is 7.76. The van der Waals surface area contributed by atoms with Gasteiger partial charge in [-0.2, -0.15) is 0 Å². The Kier molecular flexibility index (Phi) is 6.31. The first-order chi connectivity index (χ1) is 9.04. The van der Waals surface area contributed by atoms with Crippen LogP contribution in [0, 0.1) is 5.82 Å². The lowest BCUT2D eigenvalue weighted by molar-refractivity contribution is 0.144. The van der Waals surface area contributed by atoms with Gasteiger partial charge in [0.15, 0.2) is 0 Å². The highest BCUT2D eigenvalue weighted by Gasteiger charge is 2.13. The Morgan fingerprint density at radius 2 is 2.21 bits per heavy atom. The van der Waals surface area contributed by atoms with Crippen molar-refractivity contribution in [2.45, 2.75) is 26.3 Å². The number of nitrogens with one attached hydrogen (secondary N) is 1. The van der Waals surface area contributed by atoms with Crippen LogP contribution in [-0.4, -0.2) is 29.9 Å². The third kappa shape index (κ3) is 5.27. The van der Waals surface area contributed by atoms with E-state index in [1.165, 1.54) is 12.1 Å². The first-order valence-electron chi connectivity index (χ1n) is 6.09. The van der Waals surface area contributed by atoms with Gasteiger partial charge in [0.2, 0.25) is 0 Å². The van der Waals surface area contributed by atoms with E-state index in [0.717, 1.165) is 18.9 Å². The molecule has 0 spiro atoms. The van der Waals surface area contributed by atoms with Crippen LogP contribution in [0.1, 0.15) is 25.3 Å². The maximum absolute atomic E-state index is 13.6. The van der Waals surface area contributed by atoms with Crippen LogP contribution in [0.15, 0.2) is 18.2 Å². The molecule has 0 aromatic heterocycles. The summed E-state index contributed by atoms with van der Waals surface area (Å²) in [5, 5.41) is 20.2. The predicted molar refractivity (Wildman–Crippen MR) is 69.3 cm³/mol. The molecule has 5 nitrogen and oxygen atoms in total. The molecule has 0 fully saturated rings. The van der Waals surface area contributed by atoms with Gasteiger partial charge in [-0.05, 0) is 17.9 Å². The van der Waals surface area contributed by atoms with Gasteiger partial charge in [-0.1, -0.05) is 25.5 Å². The van der Waals surface area contributed by atoms with Crippen molar-refractivity contribution in [2.75, 3.05) is 6.61 Å². The molecule has 1 rings (SSSR count). The van der Waals surface area contributed by atoms with E-state index < -0.39 is 19.0 Å². The normalized spacial score (nSPS) is 10.1. The van der Waals surface area contributed by atoms with E-state index in [0.29, 0.717) is 6.61 Å². The maximum atomic E-state index is 13.6. The van der Waals surface area contributed by atoms with Gasteiger partial charge >= 0.3 is 13.2 Å². The van der Waals surface area contributed by atoms with E-state index >= 15 is 0 Å². The van der Waals surface area contributed by atoms with E-state index in [-0.39, 0.29) is 17.6 Å². The average Bonchev–Trinajstić information content (AvgIpc) is 2.37. The van der Waals surface area contributed by atoms with Crippen molar-refractivity contribution in [2.24, 2.45) is 0 Å². The molecule has 3 N–H and O–H groups in total. The number of alkyl carbamates (subject to hydrolysis) is 1. The van der Waals surface area contributed by atoms with Gasteiger partial charge in [0.05, 0.1) is 6.61 Å². The molecule has 7 heteroatoms. The maximum Gasteiger partial charge on any atom is 0.488 e. The molecule has 1 aromatic rings. The van der Waals surface area contributed by atoms with Crippen molar-refractivity contribution in [3.8, 4) is 0 Å². The summed E-state index contributed by atoms with van der Waals surface area (Å²) in [6.07, 6.45) is 1.11. The fourth-order valence-electron chi connectivity index (χ4n) is 1.40. The number of carbonyl (C=O) groups is 1. The number of carbonyl (C=O) groups excluding carboxylic acids is 1. The Morgan fingerprint density at radius 3 is 2.79 bits per heavy atom. The molecule has 0 aliphatic rings. The fourth-order valence-corrected chi connectivity index (χ4v) is 1.40. The van der Waals surface area contributed by atoms with Crippen LogP contribution in [0.2, 0.25) is 0 Å². The van der Waals surface area contributed by atoms with Crippen LogP contribution in [-0.2, 0) is 11.3 Å². The molecule has 0 saturated heterocycles. The highest BCUT2D eigenvalue weighted by atomic mass is 19.1. The van der Waals surface area contributed by atoms with E-state index in [1.54, 1.807) is 0 Å². The molecule has 0 unspecified atom stereocenters. The number of amides is 1. The lowest BCUT2D eigenvalue weighted by Gasteiger charge is -2.08. The summed E-state index contributed by atoms with van der Waals surface area (Å²) in [7, 11) is -1.71. The summed E-state index contributed by atoms with van der Waals surface area (Å²) in [6.45, 7) is 2.30. The minimum absolute atomic E-state index is 0.0153. The highest BCUT2D eigenvalue weighted by Crippen LogP contribution is 2.05. The van der Waals surface area contributed by atoms with E-state index in [2.05, 4.69) is 5.32 Å². The minimum atomic E-state index is -1.71. The molecular weight excluding hydrogens is 252 g/mol. The monoisotopic (exact) mass is 269 g/mol. The third-order valence-corrected chi connectivity index (χ3v) is 2.53. The number of hydrogen-bond acceptors (Lipinski definition) is 4. The van der Waals surface area contributed by atoms with Crippen molar-refractivity contribution < 1.29 is 24.0 Å².